The molecule has 1 heterocycles. The molecular weight excluding hydrogens is 183 g/mol. The number of rotatable bonds is 2. The second kappa shape index (κ2) is 3.41. The molecule has 0 unspecified atom stereocenters. The van der Waals surface area contributed by atoms with Crippen LogP contribution in [0.4, 0.5) is 4.39 Å². The van der Waals surface area contributed by atoms with Gasteiger partial charge in [-0.2, -0.15) is 0 Å². The van der Waals surface area contributed by atoms with Gasteiger partial charge < -0.3 is 4.57 Å². The molecule has 0 aliphatic carbocycles. The van der Waals surface area contributed by atoms with Gasteiger partial charge in [0, 0.05) is 18.0 Å². The highest BCUT2D eigenvalue weighted by atomic mass is 19.1. The van der Waals surface area contributed by atoms with Crippen LogP contribution in [0.15, 0.2) is 36.9 Å². The zero-order valence-corrected chi connectivity index (χ0v) is 7.22. The monoisotopic (exact) mass is 190 g/mol. The first-order chi connectivity index (χ1) is 6.81. The SMILES string of the molecule is O=Cc1cc(F)ccc1-n1ccnc1. The molecule has 4 heteroatoms. The molecule has 0 radical (unpaired) electrons. The number of imidazole rings is 1. The Morgan fingerprint density at radius 1 is 1.43 bits per heavy atom. The van der Waals surface area contributed by atoms with Gasteiger partial charge in [-0.25, -0.2) is 9.37 Å². The topological polar surface area (TPSA) is 34.9 Å². The summed E-state index contributed by atoms with van der Waals surface area (Å²) in [5.41, 5.74) is 0.932. The Balaban J connectivity index is 2.58. The van der Waals surface area contributed by atoms with E-state index in [1.54, 1.807) is 29.4 Å². The number of hydrogen-bond donors (Lipinski definition) is 0. The third-order valence-corrected chi connectivity index (χ3v) is 1.90. The summed E-state index contributed by atoms with van der Waals surface area (Å²) in [6.45, 7) is 0. The molecular formula is C10H7FN2O. The van der Waals surface area contributed by atoms with E-state index in [0.717, 1.165) is 0 Å². The van der Waals surface area contributed by atoms with Crippen LogP contribution in [-0.2, 0) is 0 Å². The summed E-state index contributed by atoms with van der Waals surface area (Å²) in [4.78, 5) is 14.5. The number of benzene rings is 1. The van der Waals surface area contributed by atoms with Gasteiger partial charge in [0.2, 0.25) is 0 Å². The van der Waals surface area contributed by atoms with Crippen LogP contribution in [0, 0.1) is 5.82 Å². The van der Waals surface area contributed by atoms with E-state index >= 15 is 0 Å². The molecule has 2 rings (SSSR count). The Labute approximate surface area is 79.8 Å². The number of carbonyl (C=O) groups is 1. The predicted molar refractivity (Wildman–Crippen MR) is 48.9 cm³/mol. The van der Waals surface area contributed by atoms with E-state index in [0.29, 0.717) is 17.5 Å². The average Bonchev–Trinajstić information content (AvgIpc) is 2.70. The zero-order valence-electron chi connectivity index (χ0n) is 7.22. The van der Waals surface area contributed by atoms with E-state index in [1.807, 2.05) is 0 Å². The molecule has 0 aliphatic rings. The first-order valence-electron chi connectivity index (χ1n) is 4.04. The Bertz CT molecular complexity index is 451. The van der Waals surface area contributed by atoms with Crippen LogP contribution in [0.1, 0.15) is 10.4 Å². The summed E-state index contributed by atoms with van der Waals surface area (Å²) in [6, 6.07) is 4.05. The summed E-state index contributed by atoms with van der Waals surface area (Å²) < 4.78 is 14.4. The minimum absolute atomic E-state index is 0.308. The molecule has 0 bridgehead atoms. The van der Waals surface area contributed by atoms with Crippen molar-refractivity contribution in [3.63, 3.8) is 0 Å². The molecule has 70 valence electrons. The van der Waals surface area contributed by atoms with Crippen molar-refractivity contribution in [1.82, 2.24) is 9.55 Å². The van der Waals surface area contributed by atoms with Crippen LogP contribution in [-0.4, -0.2) is 15.8 Å². The fraction of sp³-hybridized carbons (Fsp3) is 0. The average molecular weight is 190 g/mol. The van der Waals surface area contributed by atoms with Gasteiger partial charge in [0.1, 0.15) is 5.82 Å². The molecule has 0 N–H and O–H groups in total. The van der Waals surface area contributed by atoms with Crippen molar-refractivity contribution in [1.29, 1.82) is 0 Å². The lowest BCUT2D eigenvalue weighted by molar-refractivity contribution is 0.112. The summed E-state index contributed by atoms with van der Waals surface area (Å²) in [6.07, 6.45) is 5.47. The van der Waals surface area contributed by atoms with E-state index in [-0.39, 0.29) is 0 Å². The van der Waals surface area contributed by atoms with Crippen molar-refractivity contribution in [3.8, 4) is 5.69 Å². The van der Waals surface area contributed by atoms with Crippen LogP contribution >= 0.6 is 0 Å². The summed E-state index contributed by atoms with van der Waals surface area (Å²) in [5, 5.41) is 0. The number of halogens is 1. The minimum Gasteiger partial charge on any atom is -0.306 e. The molecule has 0 spiro atoms. The van der Waals surface area contributed by atoms with E-state index in [9.17, 15) is 9.18 Å². The fourth-order valence-electron chi connectivity index (χ4n) is 1.26. The Morgan fingerprint density at radius 3 is 2.93 bits per heavy atom. The third-order valence-electron chi connectivity index (χ3n) is 1.90. The number of aromatic nitrogens is 2. The summed E-state index contributed by atoms with van der Waals surface area (Å²) >= 11 is 0. The van der Waals surface area contributed by atoms with Crippen LogP contribution in [0.25, 0.3) is 5.69 Å². The molecule has 0 amide bonds. The van der Waals surface area contributed by atoms with Gasteiger partial charge in [0.15, 0.2) is 6.29 Å². The van der Waals surface area contributed by atoms with E-state index in [2.05, 4.69) is 4.98 Å². The molecule has 0 saturated heterocycles. The molecule has 0 saturated carbocycles. The Morgan fingerprint density at radius 2 is 2.29 bits per heavy atom. The van der Waals surface area contributed by atoms with Gasteiger partial charge in [-0.15, -0.1) is 0 Å². The Hall–Kier alpha value is -1.97. The second-order valence-corrected chi connectivity index (χ2v) is 2.79. The van der Waals surface area contributed by atoms with Crippen LogP contribution < -0.4 is 0 Å². The lowest BCUT2D eigenvalue weighted by atomic mass is 10.2. The van der Waals surface area contributed by atoms with Gasteiger partial charge in [-0.3, -0.25) is 4.79 Å². The van der Waals surface area contributed by atoms with Crippen molar-refractivity contribution in [2.75, 3.05) is 0 Å². The number of carbonyl (C=O) groups excluding carboxylic acids is 1. The van der Waals surface area contributed by atoms with Gasteiger partial charge in [-0.05, 0) is 18.2 Å². The molecule has 1 aromatic heterocycles. The standard InChI is InChI=1S/C10H7FN2O/c11-9-1-2-10(8(5-9)6-14)13-4-3-12-7-13/h1-7H. The van der Waals surface area contributed by atoms with Crippen molar-refractivity contribution < 1.29 is 9.18 Å². The predicted octanol–water partition coefficient (Wildman–Crippen LogP) is 1.82. The third kappa shape index (κ3) is 1.42. The molecule has 1 aromatic carbocycles. The second-order valence-electron chi connectivity index (χ2n) is 2.79. The number of aldehydes is 1. The Kier molecular flexibility index (Phi) is 2.10. The maximum atomic E-state index is 12.8. The van der Waals surface area contributed by atoms with Gasteiger partial charge in [-0.1, -0.05) is 0 Å². The maximum Gasteiger partial charge on any atom is 0.152 e. The molecule has 0 atom stereocenters. The largest absolute Gasteiger partial charge is 0.306 e. The normalized spacial score (nSPS) is 10.1. The first kappa shape index (κ1) is 8.62. The minimum atomic E-state index is -0.420. The summed E-state index contributed by atoms with van der Waals surface area (Å²) in [5.74, 6) is -0.420. The van der Waals surface area contributed by atoms with E-state index < -0.39 is 5.82 Å². The highest BCUT2D eigenvalue weighted by Crippen LogP contribution is 2.13. The van der Waals surface area contributed by atoms with Gasteiger partial charge in [0.25, 0.3) is 0 Å². The van der Waals surface area contributed by atoms with Gasteiger partial charge >= 0.3 is 0 Å². The van der Waals surface area contributed by atoms with Crippen molar-refractivity contribution >= 4 is 6.29 Å². The van der Waals surface area contributed by atoms with Crippen molar-refractivity contribution in [3.05, 3.63) is 48.3 Å². The van der Waals surface area contributed by atoms with E-state index in [1.165, 1.54) is 12.1 Å². The highest BCUT2D eigenvalue weighted by molar-refractivity contribution is 5.80. The first-order valence-corrected chi connectivity index (χ1v) is 4.04. The van der Waals surface area contributed by atoms with E-state index in [4.69, 9.17) is 0 Å². The molecule has 3 nitrogen and oxygen atoms in total. The molecule has 0 fully saturated rings. The smallest absolute Gasteiger partial charge is 0.152 e. The maximum absolute atomic E-state index is 12.8. The lowest BCUT2D eigenvalue weighted by Crippen LogP contribution is -1.96. The quantitative estimate of drug-likeness (QED) is 0.677. The fourth-order valence-corrected chi connectivity index (χ4v) is 1.26. The van der Waals surface area contributed by atoms with Crippen LogP contribution in [0.2, 0.25) is 0 Å². The highest BCUT2D eigenvalue weighted by Gasteiger charge is 2.04. The summed E-state index contributed by atoms with van der Waals surface area (Å²) in [7, 11) is 0. The molecule has 14 heavy (non-hydrogen) atoms. The van der Waals surface area contributed by atoms with Gasteiger partial charge in [0.05, 0.1) is 12.0 Å². The number of hydrogen-bond acceptors (Lipinski definition) is 2. The zero-order chi connectivity index (χ0) is 9.97. The lowest BCUT2D eigenvalue weighted by Gasteiger charge is -2.04. The van der Waals surface area contributed by atoms with Crippen LogP contribution in [0.3, 0.4) is 0 Å². The molecule has 0 aliphatic heterocycles. The van der Waals surface area contributed by atoms with Crippen LogP contribution in [0.5, 0.6) is 0 Å². The van der Waals surface area contributed by atoms with Crippen molar-refractivity contribution in [2.24, 2.45) is 0 Å². The van der Waals surface area contributed by atoms with Crippen molar-refractivity contribution in [2.45, 2.75) is 0 Å². The number of nitrogens with zero attached hydrogens (tertiary/aromatic N) is 2. The molecule has 2 aromatic rings.